The molecule has 0 aliphatic rings. The molecule has 0 bridgehead atoms. The Labute approximate surface area is 113 Å². The summed E-state index contributed by atoms with van der Waals surface area (Å²) in [5, 5.41) is 0. The minimum absolute atomic E-state index is 0.316. The molecule has 0 saturated heterocycles. The Kier molecular flexibility index (Phi) is 4.08. The normalized spacial score (nSPS) is 10.4. The number of nitrogen functional groups attached to an aromatic ring is 2. The molecule has 1 heterocycles. The van der Waals surface area contributed by atoms with Gasteiger partial charge in [-0.25, -0.2) is 10.2 Å². The van der Waals surface area contributed by atoms with Crippen LogP contribution in [0.1, 0.15) is 16.1 Å². The number of benzene rings is 1. The fourth-order valence-corrected chi connectivity index (χ4v) is 2.38. The zero-order valence-electron chi connectivity index (χ0n) is 9.85. The second-order valence-corrected chi connectivity index (χ2v) is 4.73. The zero-order valence-corrected chi connectivity index (χ0v) is 10.7. The van der Waals surface area contributed by atoms with E-state index in [1.807, 2.05) is 5.43 Å². The van der Waals surface area contributed by atoms with Gasteiger partial charge in [0, 0.05) is 10.6 Å². The van der Waals surface area contributed by atoms with Crippen LogP contribution in [0.4, 0.5) is 10.1 Å². The fraction of sp³-hybridized carbons (Fsp3) is 0.0833. The van der Waals surface area contributed by atoms with Gasteiger partial charge in [-0.2, -0.15) is 0 Å². The highest BCUT2D eigenvalue weighted by atomic mass is 32.2. The molecule has 0 saturated carbocycles. The number of nitrogens with one attached hydrogen (secondary N) is 1. The number of furan rings is 1. The van der Waals surface area contributed by atoms with Crippen LogP contribution in [0.25, 0.3) is 0 Å². The van der Waals surface area contributed by atoms with E-state index < -0.39 is 11.7 Å². The minimum atomic E-state index is -0.442. The van der Waals surface area contributed by atoms with Gasteiger partial charge in [-0.3, -0.25) is 10.2 Å². The summed E-state index contributed by atoms with van der Waals surface area (Å²) in [6, 6.07) is 5.96. The smallest absolute Gasteiger partial charge is 0.268 e. The van der Waals surface area contributed by atoms with E-state index >= 15 is 0 Å². The third kappa shape index (κ3) is 3.07. The van der Waals surface area contributed by atoms with Crippen molar-refractivity contribution in [3.8, 4) is 0 Å². The molecule has 0 unspecified atom stereocenters. The number of rotatable bonds is 4. The summed E-state index contributed by atoms with van der Waals surface area (Å²) in [5.74, 6) is 4.96. The molecule has 100 valence electrons. The Balaban J connectivity index is 2.10. The maximum absolute atomic E-state index is 13.6. The van der Waals surface area contributed by atoms with E-state index in [0.717, 1.165) is 0 Å². The number of hydrogen-bond donors (Lipinski definition) is 3. The number of anilines is 1. The number of halogens is 1. The molecule has 0 aliphatic heterocycles. The van der Waals surface area contributed by atoms with Gasteiger partial charge in [0.25, 0.3) is 5.91 Å². The Hall–Kier alpha value is -1.99. The molecule has 0 aliphatic carbocycles. The molecule has 19 heavy (non-hydrogen) atoms. The number of carbonyl (C=O) groups is 1. The van der Waals surface area contributed by atoms with Gasteiger partial charge in [0.1, 0.15) is 11.6 Å². The predicted octanol–water partition coefficient (Wildman–Crippen LogP) is 1.90. The standard InChI is InChI=1S/C12H12FN3O2S/c13-9-5-7(14)1-2-11(9)19-6-10-8(3-4-18-10)12(17)16-15/h1-5H,6,14-15H2,(H,16,17). The van der Waals surface area contributed by atoms with Crippen LogP contribution < -0.4 is 17.0 Å². The van der Waals surface area contributed by atoms with Crippen LogP contribution in [-0.2, 0) is 5.75 Å². The van der Waals surface area contributed by atoms with Crippen LogP contribution in [-0.4, -0.2) is 5.91 Å². The molecule has 7 heteroatoms. The monoisotopic (exact) mass is 281 g/mol. The van der Waals surface area contributed by atoms with Crippen molar-refractivity contribution in [2.24, 2.45) is 5.84 Å². The Bertz CT molecular complexity index is 600. The molecular formula is C12H12FN3O2S. The van der Waals surface area contributed by atoms with Gasteiger partial charge in [-0.05, 0) is 24.3 Å². The van der Waals surface area contributed by atoms with Crippen molar-refractivity contribution < 1.29 is 13.6 Å². The summed E-state index contributed by atoms with van der Waals surface area (Å²) < 4.78 is 18.8. The topological polar surface area (TPSA) is 94.3 Å². The molecule has 1 aromatic carbocycles. The summed E-state index contributed by atoms with van der Waals surface area (Å²) in [6.45, 7) is 0. The third-order valence-corrected chi connectivity index (χ3v) is 3.48. The lowest BCUT2D eigenvalue weighted by molar-refractivity contribution is 0.0952. The van der Waals surface area contributed by atoms with Crippen LogP contribution in [0.3, 0.4) is 0 Å². The van der Waals surface area contributed by atoms with Crippen molar-refractivity contribution in [3.05, 3.63) is 47.7 Å². The number of hydrogen-bond acceptors (Lipinski definition) is 5. The van der Waals surface area contributed by atoms with E-state index in [4.69, 9.17) is 16.0 Å². The van der Waals surface area contributed by atoms with Crippen LogP contribution in [0.5, 0.6) is 0 Å². The fourth-order valence-electron chi connectivity index (χ4n) is 1.51. The van der Waals surface area contributed by atoms with Gasteiger partial charge >= 0.3 is 0 Å². The first kappa shape index (κ1) is 13.4. The highest BCUT2D eigenvalue weighted by Gasteiger charge is 2.14. The Morgan fingerprint density at radius 2 is 2.21 bits per heavy atom. The van der Waals surface area contributed by atoms with Crippen LogP contribution in [0.15, 0.2) is 39.8 Å². The molecule has 5 N–H and O–H groups in total. The maximum Gasteiger partial charge on any atom is 0.268 e. The lowest BCUT2D eigenvalue weighted by Crippen LogP contribution is -2.30. The van der Waals surface area contributed by atoms with Crippen molar-refractivity contribution in [3.63, 3.8) is 0 Å². The number of amides is 1. The van der Waals surface area contributed by atoms with E-state index in [1.54, 1.807) is 12.1 Å². The van der Waals surface area contributed by atoms with Crippen LogP contribution >= 0.6 is 11.8 Å². The van der Waals surface area contributed by atoms with Gasteiger partial charge in [0.2, 0.25) is 0 Å². The Morgan fingerprint density at radius 3 is 2.89 bits per heavy atom. The first-order valence-electron chi connectivity index (χ1n) is 5.37. The molecule has 5 nitrogen and oxygen atoms in total. The second-order valence-electron chi connectivity index (χ2n) is 3.71. The predicted molar refractivity (Wildman–Crippen MR) is 70.7 cm³/mol. The molecule has 0 fully saturated rings. The summed E-state index contributed by atoms with van der Waals surface area (Å²) in [6.07, 6.45) is 1.39. The van der Waals surface area contributed by atoms with Gasteiger partial charge < -0.3 is 10.2 Å². The second kappa shape index (κ2) is 5.77. The van der Waals surface area contributed by atoms with Crippen LogP contribution in [0, 0.1) is 5.82 Å². The third-order valence-electron chi connectivity index (χ3n) is 2.44. The van der Waals surface area contributed by atoms with Crippen molar-refractivity contribution in [1.82, 2.24) is 5.43 Å². The number of nitrogens with two attached hydrogens (primary N) is 2. The quantitative estimate of drug-likeness (QED) is 0.261. The SMILES string of the molecule is NNC(=O)c1ccoc1CSc1ccc(N)cc1F. The largest absolute Gasteiger partial charge is 0.468 e. The summed E-state index contributed by atoms with van der Waals surface area (Å²) >= 11 is 1.21. The van der Waals surface area contributed by atoms with Gasteiger partial charge in [-0.15, -0.1) is 11.8 Å². The first-order chi connectivity index (χ1) is 9.11. The number of thioether (sulfide) groups is 1. The minimum Gasteiger partial charge on any atom is -0.468 e. The maximum atomic E-state index is 13.6. The van der Waals surface area contributed by atoms with E-state index in [-0.39, 0.29) is 0 Å². The Morgan fingerprint density at radius 1 is 1.42 bits per heavy atom. The zero-order chi connectivity index (χ0) is 13.8. The number of carbonyl (C=O) groups excluding carboxylic acids is 1. The summed E-state index contributed by atoms with van der Waals surface area (Å²) in [5.41, 5.74) is 8.19. The van der Waals surface area contributed by atoms with E-state index in [0.29, 0.717) is 27.7 Å². The van der Waals surface area contributed by atoms with E-state index in [2.05, 4.69) is 0 Å². The molecule has 0 atom stereocenters. The lowest BCUT2D eigenvalue weighted by atomic mass is 10.2. The molecule has 0 radical (unpaired) electrons. The van der Waals surface area contributed by atoms with Gasteiger partial charge in [0.05, 0.1) is 17.6 Å². The van der Waals surface area contributed by atoms with Gasteiger partial charge in [0.15, 0.2) is 0 Å². The van der Waals surface area contributed by atoms with E-state index in [1.165, 1.54) is 30.2 Å². The summed E-state index contributed by atoms with van der Waals surface area (Å²) in [4.78, 5) is 11.9. The van der Waals surface area contributed by atoms with E-state index in [9.17, 15) is 9.18 Å². The molecule has 2 aromatic rings. The van der Waals surface area contributed by atoms with Crippen molar-refractivity contribution >= 4 is 23.4 Å². The summed E-state index contributed by atoms with van der Waals surface area (Å²) in [7, 11) is 0. The average Bonchev–Trinajstić information content (AvgIpc) is 2.85. The molecule has 1 aromatic heterocycles. The van der Waals surface area contributed by atoms with Crippen molar-refractivity contribution in [1.29, 1.82) is 0 Å². The lowest BCUT2D eigenvalue weighted by Gasteiger charge is -2.04. The number of hydrazine groups is 1. The van der Waals surface area contributed by atoms with Crippen molar-refractivity contribution in [2.45, 2.75) is 10.6 Å². The molecule has 2 rings (SSSR count). The first-order valence-corrected chi connectivity index (χ1v) is 6.35. The molecule has 0 spiro atoms. The van der Waals surface area contributed by atoms with Gasteiger partial charge in [-0.1, -0.05) is 0 Å². The molecular weight excluding hydrogens is 269 g/mol. The van der Waals surface area contributed by atoms with Crippen LogP contribution in [0.2, 0.25) is 0 Å². The average molecular weight is 281 g/mol. The van der Waals surface area contributed by atoms with Crippen molar-refractivity contribution in [2.75, 3.05) is 5.73 Å². The molecule has 1 amide bonds. The highest BCUT2D eigenvalue weighted by molar-refractivity contribution is 7.98. The highest BCUT2D eigenvalue weighted by Crippen LogP contribution is 2.28.